The van der Waals surface area contributed by atoms with E-state index in [4.69, 9.17) is 0 Å². The molecule has 28 heavy (non-hydrogen) atoms. The fraction of sp³-hybridized carbons (Fsp3) is 0.0370. The second-order valence-corrected chi connectivity index (χ2v) is 6.62. The number of anilines is 3. The van der Waals surface area contributed by atoms with Crippen LogP contribution < -0.4 is 4.90 Å². The topological polar surface area (TPSA) is 3.24 Å². The van der Waals surface area contributed by atoms with Gasteiger partial charge in [0.2, 0.25) is 0 Å². The van der Waals surface area contributed by atoms with Gasteiger partial charge in [-0.3, -0.25) is 0 Å². The first-order valence-corrected chi connectivity index (χ1v) is 9.59. The lowest BCUT2D eigenvalue weighted by atomic mass is 9.97. The van der Waals surface area contributed by atoms with E-state index in [9.17, 15) is 0 Å². The highest BCUT2D eigenvalue weighted by Gasteiger charge is 2.12. The van der Waals surface area contributed by atoms with Crippen LogP contribution in [-0.4, -0.2) is 0 Å². The fourth-order valence-electron chi connectivity index (χ4n) is 3.51. The molecule has 0 N–H and O–H groups in total. The van der Waals surface area contributed by atoms with Gasteiger partial charge in [-0.2, -0.15) is 0 Å². The highest BCUT2D eigenvalue weighted by atomic mass is 15.1. The summed E-state index contributed by atoms with van der Waals surface area (Å²) in [5.41, 5.74) is 7.15. The van der Waals surface area contributed by atoms with E-state index in [0.29, 0.717) is 0 Å². The van der Waals surface area contributed by atoms with Gasteiger partial charge in [-0.15, -0.1) is 0 Å². The van der Waals surface area contributed by atoms with Gasteiger partial charge in [0.1, 0.15) is 0 Å². The summed E-state index contributed by atoms with van der Waals surface area (Å²) >= 11 is 0. The Balaban J connectivity index is 1.73. The molecular formula is C27H23N. The Hall–Kier alpha value is -3.58. The maximum Gasteiger partial charge on any atom is 0.0462 e. The van der Waals surface area contributed by atoms with E-state index in [1.165, 1.54) is 16.7 Å². The molecule has 4 aromatic rings. The van der Waals surface area contributed by atoms with Crippen molar-refractivity contribution in [2.24, 2.45) is 0 Å². The molecule has 136 valence electrons. The van der Waals surface area contributed by atoms with Crippen molar-refractivity contribution < 1.29 is 0 Å². The SMILES string of the molecule is C/C=C(\c1ccccc1)c1ccc(N(c2ccccc2)c2ccccc2)cc1. The van der Waals surface area contributed by atoms with Gasteiger partial charge >= 0.3 is 0 Å². The number of hydrogen-bond acceptors (Lipinski definition) is 1. The van der Waals surface area contributed by atoms with Crippen LogP contribution in [0.1, 0.15) is 18.1 Å². The van der Waals surface area contributed by atoms with Crippen LogP contribution in [0, 0.1) is 0 Å². The Kier molecular flexibility index (Phi) is 5.35. The van der Waals surface area contributed by atoms with Gasteiger partial charge in [0.25, 0.3) is 0 Å². The third-order valence-electron chi connectivity index (χ3n) is 4.84. The first kappa shape index (κ1) is 17.8. The zero-order valence-corrected chi connectivity index (χ0v) is 16.0. The summed E-state index contributed by atoms with van der Waals surface area (Å²) in [5, 5.41) is 0. The summed E-state index contributed by atoms with van der Waals surface area (Å²) < 4.78 is 0. The molecule has 0 saturated heterocycles. The van der Waals surface area contributed by atoms with Gasteiger partial charge in [-0.25, -0.2) is 0 Å². The molecule has 0 aliphatic heterocycles. The van der Waals surface area contributed by atoms with E-state index >= 15 is 0 Å². The number of allylic oxidation sites excluding steroid dienone is 1. The van der Waals surface area contributed by atoms with Gasteiger partial charge in [0.05, 0.1) is 0 Å². The van der Waals surface area contributed by atoms with Crippen molar-refractivity contribution in [1.82, 2.24) is 0 Å². The van der Waals surface area contributed by atoms with Crippen molar-refractivity contribution in [2.45, 2.75) is 6.92 Å². The Morgan fingerprint density at radius 2 is 0.893 bits per heavy atom. The van der Waals surface area contributed by atoms with Crippen LogP contribution in [0.5, 0.6) is 0 Å². The lowest BCUT2D eigenvalue weighted by Crippen LogP contribution is -2.09. The van der Waals surface area contributed by atoms with Gasteiger partial charge in [0, 0.05) is 17.1 Å². The Morgan fingerprint density at radius 3 is 1.36 bits per heavy atom. The van der Waals surface area contributed by atoms with E-state index in [1.807, 2.05) is 12.1 Å². The van der Waals surface area contributed by atoms with E-state index < -0.39 is 0 Å². The minimum absolute atomic E-state index is 1.14. The minimum atomic E-state index is 1.14. The third-order valence-corrected chi connectivity index (χ3v) is 4.84. The molecule has 0 fully saturated rings. The zero-order chi connectivity index (χ0) is 19.2. The zero-order valence-electron chi connectivity index (χ0n) is 16.0. The van der Waals surface area contributed by atoms with E-state index in [2.05, 4.69) is 121 Å². The van der Waals surface area contributed by atoms with Gasteiger partial charge in [-0.1, -0.05) is 84.9 Å². The van der Waals surface area contributed by atoms with Gasteiger partial charge in [-0.05, 0) is 60.0 Å². The Bertz CT molecular complexity index is 994. The van der Waals surface area contributed by atoms with Crippen LogP contribution >= 0.6 is 0 Å². The molecule has 0 aliphatic rings. The molecule has 0 aliphatic carbocycles. The van der Waals surface area contributed by atoms with Gasteiger partial charge in [0.15, 0.2) is 0 Å². The molecule has 0 saturated carbocycles. The van der Waals surface area contributed by atoms with Crippen molar-refractivity contribution in [3.8, 4) is 0 Å². The molecule has 0 spiro atoms. The first-order chi connectivity index (χ1) is 13.9. The van der Waals surface area contributed by atoms with E-state index in [1.54, 1.807) is 0 Å². The van der Waals surface area contributed by atoms with Crippen LogP contribution in [0.3, 0.4) is 0 Å². The number of para-hydroxylation sites is 2. The van der Waals surface area contributed by atoms with E-state index in [0.717, 1.165) is 17.1 Å². The predicted molar refractivity (Wildman–Crippen MR) is 120 cm³/mol. The Labute approximate surface area is 167 Å². The molecule has 0 heterocycles. The molecule has 0 radical (unpaired) electrons. The molecule has 1 heteroatoms. The van der Waals surface area contributed by atoms with Crippen molar-refractivity contribution >= 4 is 22.6 Å². The maximum absolute atomic E-state index is 2.28. The molecule has 0 aromatic heterocycles. The summed E-state index contributed by atoms with van der Waals surface area (Å²) in [4.78, 5) is 2.28. The van der Waals surface area contributed by atoms with Crippen molar-refractivity contribution in [3.05, 3.63) is 132 Å². The third kappa shape index (κ3) is 3.74. The average molecular weight is 361 g/mol. The summed E-state index contributed by atoms with van der Waals surface area (Å²) in [6, 6.07) is 40.3. The summed E-state index contributed by atoms with van der Waals surface area (Å²) in [5.74, 6) is 0. The lowest BCUT2D eigenvalue weighted by molar-refractivity contribution is 1.28. The standard InChI is InChI=1S/C27H23N/c1-2-27(22-12-6-3-7-13-22)23-18-20-26(21-19-23)28(24-14-8-4-9-15-24)25-16-10-5-11-17-25/h2-21H,1H3/b27-2+. The highest BCUT2D eigenvalue weighted by Crippen LogP contribution is 2.35. The largest absolute Gasteiger partial charge is 0.311 e. The van der Waals surface area contributed by atoms with Crippen LogP contribution in [0.15, 0.2) is 121 Å². The van der Waals surface area contributed by atoms with Crippen LogP contribution in [-0.2, 0) is 0 Å². The van der Waals surface area contributed by atoms with Crippen molar-refractivity contribution in [2.75, 3.05) is 4.90 Å². The monoisotopic (exact) mass is 361 g/mol. The summed E-state index contributed by atoms with van der Waals surface area (Å²) in [7, 11) is 0. The number of rotatable bonds is 5. The second-order valence-electron chi connectivity index (χ2n) is 6.62. The first-order valence-electron chi connectivity index (χ1n) is 9.59. The van der Waals surface area contributed by atoms with Crippen molar-refractivity contribution in [1.29, 1.82) is 0 Å². The normalized spacial score (nSPS) is 11.2. The highest BCUT2D eigenvalue weighted by molar-refractivity contribution is 5.82. The lowest BCUT2D eigenvalue weighted by Gasteiger charge is -2.25. The van der Waals surface area contributed by atoms with E-state index in [-0.39, 0.29) is 0 Å². The fourth-order valence-corrected chi connectivity index (χ4v) is 3.51. The molecule has 4 aromatic carbocycles. The number of benzene rings is 4. The quantitative estimate of drug-likeness (QED) is 0.353. The minimum Gasteiger partial charge on any atom is -0.311 e. The summed E-state index contributed by atoms with van der Waals surface area (Å²) in [6.45, 7) is 2.09. The number of hydrogen-bond donors (Lipinski definition) is 0. The molecule has 1 nitrogen and oxygen atoms in total. The molecule has 0 amide bonds. The Morgan fingerprint density at radius 1 is 0.500 bits per heavy atom. The van der Waals surface area contributed by atoms with Crippen LogP contribution in [0.2, 0.25) is 0 Å². The van der Waals surface area contributed by atoms with Gasteiger partial charge < -0.3 is 4.90 Å². The maximum atomic E-state index is 2.28. The molecule has 0 atom stereocenters. The number of nitrogens with zero attached hydrogens (tertiary/aromatic N) is 1. The molecule has 0 bridgehead atoms. The smallest absolute Gasteiger partial charge is 0.0462 e. The predicted octanol–water partition coefficient (Wildman–Crippen LogP) is 7.61. The van der Waals surface area contributed by atoms with Crippen molar-refractivity contribution in [3.63, 3.8) is 0 Å². The molecular weight excluding hydrogens is 338 g/mol. The van der Waals surface area contributed by atoms with Crippen LogP contribution in [0.4, 0.5) is 17.1 Å². The van der Waals surface area contributed by atoms with Crippen LogP contribution in [0.25, 0.3) is 5.57 Å². The second kappa shape index (κ2) is 8.41. The summed E-state index contributed by atoms with van der Waals surface area (Å²) in [6.07, 6.45) is 2.18. The average Bonchev–Trinajstić information content (AvgIpc) is 2.78. The molecule has 0 unspecified atom stereocenters. The molecule has 4 rings (SSSR count).